The Bertz CT molecular complexity index is 612. The highest BCUT2D eigenvalue weighted by atomic mass is 16.5. The Morgan fingerprint density at radius 3 is 1.78 bits per heavy atom. The lowest BCUT2D eigenvalue weighted by Crippen LogP contribution is -2.43. The summed E-state index contributed by atoms with van der Waals surface area (Å²) in [5, 5.41) is 9.01. The monoisotopic (exact) mass is 448 g/mol. The van der Waals surface area contributed by atoms with Gasteiger partial charge in [-0.05, 0) is 44.9 Å². The van der Waals surface area contributed by atoms with E-state index < -0.39 is 12.1 Å². The van der Waals surface area contributed by atoms with Crippen LogP contribution in [0.25, 0.3) is 0 Å². The maximum Gasteiger partial charge on any atom is 0.307 e. The van der Waals surface area contributed by atoms with E-state index in [1.165, 1.54) is 25.7 Å². The van der Waals surface area contributed by atoms with Gasteiger partial charge in [-0.3, -0.25) is 9.59 Å². The molecule has 0 aromatic heterocycles. The van der Waals surface area contributed by atoms with E-state index in [1.807, 2.05) is 21.1 Å². The number of carbonyl (C=O) groups excluding carboxylic acids is 1. The number of nitrogens with zero attached hydrogens (tertiary/aromatic N) is 1. The maximum absolute atomic E-state index is 12.0. The molecule has 5 nitrogen and oxygen atoms in total. The number of esters is 1. The molecule has 182 valence electrons. The topological polar surface area (TPSA) is 63.6 Å². The Balaban J connectivity index is 3.86. The number of carboxylic acids is 1. The molecule has 1 unspecified atom stereocenters. The molecular weight excluding hydrogens is 402 g/mol. The minimum absolute atomic E-state index is 0.154. The molecule has 0 radical (unpaired) electrons. The Morgan fingerprint density at radius 2 is 1.31 bits per heavy atom. The van der Waals surface area contributed by atoms with E-state index in [4.69, 9.17) is 9.84 Å². The highest BCUT2D eigenvalue weighted by molar-refractivity contribution is 5.71. The average Bonchev–Trinajstić information content (AvgIpc) is 2.68. The summed E-state index contributed by atoms with van der Waals surface area (Å²) in [7, 11) is 5.85. The molecule has 1 atom stereocenters. The molecule has 0 rings (SSSR count). The third-order valence-electron chi connectivity index (χ3n) is 4.66. The van der Waals surface area contributed by atoms with Gasteiger partial charge in [-0.1, -0.05) is 68.4 Å². The van der Waals surface area contributed by atoms with Gasteiger partial charge in [0.25, 0.3) is 0 Å². The second-order valence-corrected chi connectivity index (χ2v) is 9.16. The Kier molecular flexibility index (Phi) is 18.2. The van der Waals surface area contributed by atoms with Crippen molar-refractivity contribution in [2.24, 2.45) is 0 Å². The van der Waals surface area contributed by atoms with Crippen molar-refractivity contribution in [3.63, 3.8) is 0 Å². The molecule has 0 aliphatic heterocycles. The van der Waals surface area contributed by atoms with Gasteiger partial charge < -0.3 is 14.3 Å². The average molecular weight is 449 g/mol. The van der Waals surface area contributed by atoms with Gasteiger partial charge in [0, 0.05) is 6.42 Å². The van der Waals surface area contributed by atoms with Gasteiger partial charge in [-0.15, -0.1) is 0 Å². The molecule has 0 aliphatic carbocycles. The molecule has 1 N–H and O–H groups in total. The molecule has 5 heteroatoms. The highest BCUT2D eigenvalue weighted by Gasteiger charge is 2.24. The van der Waals surface area contributed by atoms with Crippen LogP contribution in [-0.4, -0.2) is 55.3 Å². The van der Waals surface area contributed by atoms with Crippen LogP contribution in [0.4, 0.5) is 0 Å². The number of carbonyl (C=O) groups is 2. The lowest BCUT2D eigenvalue weighted by atomic mass is 10.2. The summed E-state index contributed by atoms with van der Waals surface area (Å²) >= 11 is 0. The first-order chi connectivity index (χ1) is 15.2. The van der Waals surface area contributed by atoms with Crippen molar-refractivity contribution in [2.45, 2.75) is 83.7 Å². The standard InChI is InChI=1S/C27H45NO4/c1-5-6-7-8-9-10-11-12-13-14-15-16-17-18-19-20-21-22-27(31)32-25(23-26(29)30)24-28(2,3)4/h9-10,12-13,15-16,18-19,25H,5-8,11,14,17,20-24H2,1-4H3/p+1/b10-9+,13-12+,16-15+,19-18+. The summed E-state index contributed by atoms with van der Waals surface area (Å²) in [6, 6.07) is 0. The lowest BCUT2D eigenvalue weighted by molar-refractivity contribution is -0.873. The van der Waals surface area contributed by atoms with Gasteiger partial charge >= 0.3 is 11.9 Å². The van der Waals surface area contributed by atoms with E-state index in [-0.39, 0.29) is 12.4 Å². The molecule has 0 aliphatic rings. The summed E-state index contributed by atoms with van der Waals surface area (Å²) < 4.78 is 5.93. The van der Waals surface area contributed by atoms with Crippen LogP contribution >= 0.6 is 0 Å². The van der Waals surface area contributed by atoms with Gasteiger partial charge in [-0.2, -0.15) is 0 Å². The number of rotatable bonds is 19. The van der Waals surface area contributed by atoms with Crippen molar-refractivity contribution in [1.82, 2.24) is 0 Å². The maximum atomic E-state index is 12.0. The first-order valence-corrected chi connectivity index (χ1v) is 12.1. The zero-order valence-corrected chi connectivity index (χ0v) is 20.8. The van der Waals surface area contributed by atoms with Gasteiger partial charge in [-0.25, -0.2) is 0 Å². The SMILES string of the molecule is CCCCC/C=C/C/C=C/C/C=C/C/C=C/CCCC(=O)OC(CC(=O)O)C[N+](C)(C)C. The van der Waals surface area contributed by atoms with E-state index in [1.54, 1.807) is 0 Å². The number of aliphatic carboxylic acids is 1. The van der Waals surface area contributed by atoms with Crippen LogP contribution in [0.2, 0.25) is 0 Å². The molecule has 0 bridgehead atoms. The predicted octanol–water partition coefficient (Wildman–Crippen LogP) is 6.22. The van der Waals surface area contributed by atoms with Crippen LogP contribution < -0.4 is 0 Å². The smallest absolute Gasteiger partial charge is 0.307 e. The van der Waals surface area contributed by atoms with Crippen LogP contribution in [-0.2, 0) is 14.3 Å². The van der Waals surface area contributed by atoms with E-state index in [9.17, 15) is 9.59 Å². The zero-order valence-electron chi connectivity index (χ0n) is 20.8. The Hall–Kier alpha value is -2.14. The number of allylic oxidation sites excluding steroid dienone is 8. The third-order valence-corrected chi connectivity index (χ3v) is 4.66. The highest BCUT2D eigenvalue weighted by Crippen LogP contribution is 2.08. The minimum Gasteiger partial charge on any atom is -0.481 e. The first-order valence-electron chi connectivity index (χ1n) is 12.1. The normalized spacial score (nSPS) is 13.6. The quantitative estimate of drug-likeness (QED) is 0.110. The minimum atomic E-state index is -0.947. The van der Waals surface area contributed by atoms with Crippen molar-refractivity contribution in [3.8, 4) is 0 Å². The van der Waals surface area contributed by atoms with Gasteiger partial charge in [0.05, 0.1) is 27.6 Å². The van der Waals surface area contributed by atoms with Crippen molar-refractivity contribution >= 4 is 11.9 Å². The number of unbranched alkanes of at least 4 members (excludes halogenated alkanes) is 4. The van der Waals surface area contributed by atoms with Crippen molar-refractivity contribution in [2.75, 3.05) is 27.7 Å². The van der Waals surface area contributed by atoms with Crippen LogP contribution in [0.5, 0.6) is 0 Å². The third kappa shape index (κ3) is 22.5. The number of carboxylic acid groups (broad SMARTS) is 1. The molecular formula is C27H46NO4+. The largest absolute Gasteiger partial charge is 0.481 e. The second kappa shape index (κ2) is 19.5. The summed E-state index contributed by atoms with van der Waals surface area (Å²) in [6.45, 7) is 2.71. The van der Waals surface area contributed by atoms with E-state index in [0.29, 0.717) is 23.9 Å². The summed E-state index contributed by atoms with van der Waals surface area (Å²) in [5.74, 6) is -1.27. The van der Waals surface area contributed by atoms with Crippen LogP contribution in [0, 0.1) is 0 Å². The molecule has 0 spiro atoms. The predicted molar refractivity (Wildman–Crippen MR) is 133 cm³/mol. The number of ether oxygens (including phenoxy) is 1. The van der Waals surface area contributed by atoms with Crippen molar-refractivity contribution in [1.29, 1.82) is 0 Å². The number of quaternary nitrogens is 1. The summed E-state index contributed by atoms with van der Waals surface area (Å²) in [5.41, 5.74) is 0. The molecule has 0 aromatic carbocycles. The second-order valence-electron chi connectivity index (χ2n) is 9.16. The fourth-order valence-electron chi connectivity index (χ4n) is 3.12. The summed E-state index contributed by atoms with van der Waals surface area (Å²) in [4.78, 5) is 23.0. The number of hydrogen-bond donors (Lipinski definition) is 1. The van der Waals surface area contributed by atoms with Crippen LogP contribution in [0.1, 0.15) is 77.6 Å². The molecule has 0 saturated carbocycles. The van der Waals surface area contributed by atoms with Crippen molar-refractivity contribution < 1.29 is 23.9 Å². The molecule has 0 aromatic rings. The van der Waals surface area contributed by atoms with Crippen LogP contribution in [0.3, 0.4) is 0 Å². The molecule has 0 heterocycles. The molecule has 0 saturated heterocycles. The van der Waals surface area contributed by atoms with Crippen molar-refractivity contribution in [3.05, 3.63) is 48.6 Å². The van der Waals surface area contributed by atoms with Gasteiger partial charge in [0.2, 0.25) is 0 Å². The Morgan fingerprint density at radius 1 is 0.812 bits per heavy atom. The Labute approximate surface area is 196 Å². The fourth-order valence-corrected chi connectivity index (χ4v) is 3.12. The van der Waals surface area contributed by atoms with E-state index >= 15 is 0 Å². The van der Waals surface area contributed by atoms with Gasteiger partial charge in [0.15, 0.2) is 6.10 Å². The summed E-state index contributed by atoms with van der Waals surface area (Å²) in [6.07, 6.45) is 26.4. The van der Waals surface area contributed by atoms with E-state index in [0.717, 1.165) is 25.7 Å². The molecule has 0 fully saturated rings. The zero-order chi connectivity index (χ0) is 24.1. The molecule has 32 heavy (non-hydrogen) atoms. The number of likely N-dealkylation sites (N-methyl/N-ethyl adjacent to an activating group) is 1. The fraction of sp³-hybridized carbons (Fsp3) is 0.630. The first kappa shape index (κ1) is 29.9. The van der Waals surface area contributed by atoms with Crippen LogP contribution in [0.15, 0.2) is 48.6 Å². The van der Waals surface area contributed by atoms with Gasteiger partial charge in [0.1, 0.15) is 6.54 Å². The lowest BCUT2D eigenvalue weighted by Gasteiger charge is -2.28. The molecule has 0 amide bonds. The van der Waals surface area contributed by atoms with E-state index in [2.05, 4.69) is 55.5 Å². The number of hydrogen-bond acceptors (Lipinski definition) is 3.